The third-order valence-electron chi connectivity index (χ3n) is 3.79. The van der Waals surface area contributed by atoms with Crippen molar-refractivity contribution in [2.75, 3.05) is 16.4 Å². The highest BCUT2D eigenvalue weighted by Crippen LogP contribution is 2.37. The maximum atomic E-state index is 12.0. The summed E-state index contributed by atoms with van der Waals surface area (Å²) in [4.78, 5) is 13.7. The number of amides is 1. The van der Waals surface area contributed by atoms with E-state index in [1.54, 1.807) is 4.90 Å². The number of hydrogen-bond donors (Lipinski definition) is 0. The lowest BCUT2D eigenvalue weighted by Gasteiger charge is -2.23. The molecular weight excluding hydrogens is 250 g/mol. The standard InChI is InChI=1S/C13H15NO3S/c1-9-2-4-11(5-3-9)14-12-8-18(16,17)7-10(12)6-13(14)15/h2-5,10,12H,6-8H2,1H3/t10-,12+/m1/s1. The van der Waals surface area contributed by atoms with Crippen LogP contribution in [0.25, 0.3) is 0 Å². The molecule has 3 rings (SSSR count). The quantitative estimate of drug-likeness (QED) is 0.765. The minimum atomic E-state index is -2.97. The molecule has 2 heterocycles. The van der Waals surface area contributed by atoms with Crippen molar-refractivity contribution in [2.24, 2.45) is 5.92 Å². The van der Waals surface area contributed by atoms with Gasteiger partial charge in [0.25, 0.3) is 0 Å². The number of nitrogens with zero attached hydrogens (tertiary/aromatic N) is 1. The summed E-state index contributed by atoms with van der Waals surface area (Å²) >= 11 is 0. The Hall–Kier alpha value is -1.36. The molecule has 2 saturated heterocycles. The number of fused-ring (bicyclic) bond motifs is 1. The van der Waals surface area contributed by atoms with E-state index in [0.717, 1.165) is 11.3 Å². The highest BCUT2D eigenvalue weighted by atomic mass is 32.2. The molecule has 96 valence electrons. The summed E-state index contributed by atoms with van der Waals surface area (Å²) < 4.78 is 23.3. The van der Waals surface area contributed by atoms with Crippen LogP contribution in [-0.2, 0) is 14.6 Å². The van der Waals surface area contributed by atoms with Gasteiger partial charge in [0.2, 0.25) is 5.91 Å². The Kier molecular flexibility index (Phi) is 2.48. The Labute approximate surface area is 107 Å². The third-order valence-corrected chi connectivity index (χ3v) is 5.57. The zero-order valence-corrected chi connectivity index (χ0v) is 11.0. The fraction of sp³-hybridized carbons (Fsp3) is 0.462. The molecule has 2 atom stereocenters. The number of aryl methyl sites for hydroxylation is 1. The molecule has 5 heteroatoms. The molecule has 2 aliphatic heterocycles. The third kappa shape index (κ3) is 1.82. The predicted octanol–water partition coefficient (Wildman–Crippen LogP) is 1.14. The van der Waals surface area contributed by atoms with Crippen molar-refractivity contribution in [3.8, 4) is 0 Å². The van der Waals surface area contributed by atoms with E-state index >= 15 is 0 Å². The van der Waals surface area contributed by atoms with Crippen LogP contribution in [0.4, 0.5) is 5.69 Å². The fourth-order valence-corrected chi connectivity index (χ4v) is 5.00. The van der Waals surface area contributed by atoms with E-state index in [4.69, 9.17) is 0 Å². The van der Waals surface area contributed by atoms with Gasteiger partial charge in [0.15, 0.2) is 9.84 Å². The van der Waals surface area contributed by atoms with E-state index < -0.39 is 9.84 Å². The van der Waals surface area contributed by atoms with E-state index in [9.17, 15) is 13.2 Å². The maximum Gasteiger partial charge on any atom is 0.227 e. The molecule has 0 unspecified atom stereocenters. The van der Waals surface area contributed by atoms with Crippen LogP contribution in [0.5, 0.6) is 0 Å². The molecule has 2 aliphatic rings. The number of carbonyl (C=O) groups excluding carboxylic acids is 1. The smallest absolute Gasteiger partial charge is 0.227 e. The van der Waals surface area contributed by atoms with Crippen molar-refractivity contribution in [1.82, 2.24) is 0 Å². The van der Waals surface area contributed by atoms with Crippen molar-refractivity contribution in [3.63, 3.8) is 0 Å². The maximum absolute atomic E-state index is 12.0. The first-order valence-corrected chi connectivity index (χ1v) is 7.87. The second-order valence-corrected chi connectivity index (χ2v) is 7.36. The number of hydrogen-bond acceptors (Lipinski definition) is 3. The second kappa shape index (κ2) is 3.82. The lowest BCUT2D eigenvalue weighted by Crippen LogP contribution is -2.36. The van der Waals surface area contributed by atoms with E-state index in [1.807, 2.05) is 31.2 Å². The highest BCUT2D eigenvalue weighted by Gasteiger charge is 2.49. The molecular formula is C13H15NO3S. The van der Waals surface area contributed by atoms with Crippen molar-refractivity contribution < 1.29 is 13.2 Å². The van der Waals surface area contributed by atoms with Gasteiger partial charge in [-0.1, -0.05) is 17.7 Å². The normalized spacial score (nSPS) is 29.6. The van der Waals surface area contributed by atoms with Gasteiger partial charge in [-0.2, -0.15) is 0 Å². The molecule has 1 aromatic rings. The van der Waals surface area contributed by atoms with Crippen LogP contribution in [0.3, 0.4) is 0 Å². The Balaban J connectivity index is 1.96. The second-order valence-electron chi connectivity index (χ2n) is 5.21. The Morgan fingerprint density at radius 2 is 1.83 bits per heavy atom. The number of rotatable bonds is 1. The molecule has 2 fully saturated rings. The average molecular weight is 265 g/mol. The van der Waals surface area contributed by atoms with Crippen LogP contribution in [-0.4, -0.2) is 31.9 Å². The molecule has 1 aromatic carbocycles. The van der Waals surface area contributed by atoms with Crippen molar-refractivity contribution in [3.05, 3.63) is 29.8 Å². The average Bonchev–Trinajstić information content (AvgIpc) is 2.70. The lowest BCUT2D eigenvalue weighted by atomic mass is 10.0. The highest BCUT2D eigenvalue weighted by molar-refractivity contribution is 7.91. The van der Waals surface area contributed by atoms with E-state index in [2.05, 4.69) is 0 Å². The molecule has 0 N–H and O–H groups in total. The van der Waals surface area contributed by atoms with Gasteiger partial charge in [-0.3, -0.25) is 4.79 Å². The Morgan fingerprint density at radius 3 is 2.50 bits per heavy atom. The lowest BCUT2D eigenvalue weighted by molar-refractivity contribution is -0.117. The molecule has 0 aromatic heterocycles. The minimum Gasteiger partial charge on any atom is -0.308 e. The van der Waals surface area contributed by atoms with Gasteiger partial charge < -0.3 is 4.90 Å². The van der Waals surface area contributed by atoms with Gasteiger partial charge in [0, 0.05) is 18.0 Å². The van der Waals surface area contributed by atoms with Crippen molar-refractivity contribution >= 4 is 21.4 Å². The molecule has 0 saturated carbocycles. The topological polar surface area (TPSA) is 54.5 Å². The number of carbonyl (C=O) groups is 1. The summed E-state index contributed by atoms with van der Waals surface area (Å²) in [6, 6.07) is 7.50. The molecule has 18 heavy (non-hydrogen) atoms. The SMILES string of the molecule is Cc1ccc(N2C(=O)C[C@@H]3CS(=O)(=O)C[C@@H]32)cc1. The van der Waals surface area contributed by atoms with E-state index in [0.29, 0.717) is 6.42 Å². The van der Waals surface area contributed by atoms with Crippen LogP contribution in [0, 0.1) is 12.8 Å². The minimum absolute atomic E-state index is 0.0243. The first-order valence-electron chi connectivity index (χ1n) is 6.05. The summed E-state index contributed by atoms with van der Waals surface area (Å²) in [6.45, 7) is 1.98. The summed E-state index contributed by atoms with van der Waals surface area (Å²) in [6.07, 6.45) is 0.359. The van der Waals surface area contributed by atoms with Gasteiger partial charge in [-0.15, -0.1) is 0 Å². The number of benzene rings is 1. The molecule has 4 nitrogen and oxygen atoms in total. The summed E-state index contributed by atoms with van der Waals surface area (Å²) in [5.41, 5.74) is 1.94. The van der Waals surface area contributed by atoms with Gasteiger partial charge in [0.05, 0.1) is 17.5 Å². The monoisotopic (exact) mass is 265 g/mol. The Bertz CT molecular complexity index is 591. The van der Waals surface area contributed by atoms with E-state index in [1.165, 1.54) is 0 Å². The van der Waals surface area contributed by atoms with Crippen LogP contribution in [0.2, 0.25) is 0 Å². The summed E-state index contributed by atoms with van der Waals surface area (Å²) in [5.74, 6) is 0.288. The molecule has 0 spiro atoms. The molecule has 0 bridgehead atoms. The van der Waals surface area contributed by atoms with E-state index in [-0.39, 0.29) is 29.4 Å². The van der Waals surface area contributed by atoms with Gasteiger partial charge >= 0.3 is 0 Å². The van der Waals surface area contributed by atoms with Crippen LogP contribution in [0.15, 0.2) is 24.3 Å². The van der Waals surface area contributed by atoms with Crippen LogP contribution >= 0.6 is 0 Å². The van der Waals surface area contributed by atoms with Crippen LogP contribution < -0.4 is 4.90 Å². The van der Waals surface area contributed by atoms with Crippen molar-refractivity contribution in [1.29, 1.82) is 0 Å². The zero-order valence-electron chi connectivity index (χ0n) is 10.2. The molecule has 0 radical (unpaired) electrons. The predicted molar refractivity (Wildman–Crippen MR) is 69.2 cm³/mol. The molecule has 1 amide bonds. The fourth-order valence-electron chi connectivity index (χ4n) is 2.93. The first-order chi connectivity index (χ1) is 8.46. The zero-order chi connectivity index (χ0) is 12.9. The van der Waals surface area contributed by atoms with Crippen LogP contribution in [0.1, 0.15) is 12.0 Å². The first kappa shape index (κ1) is 11.7. The summed E-state index contributed by atoms with van der Waals surface area (Å²) in [7, 11) is -2.97. The largest absolute Gasteiger partial charge is 0.308 e. The van der Waals surface area contributed by atoms with Gasteiger partial charge in [-0.05, 0) is 19.1 Å². The number of sulfone groups is 1. The van der Waals surface area contributed by atoms with Gasteiger partial charge in [0.1, 0.15) is 0 Å². The Morgan fingerprint density at radius 1 is 1.17 bits per heavy atom. The van der Waals surface area contributed by atoms with Gasteiger partial charge in [-0.25, -0.2) is 8.42 Å². The molecule has 0 aliphatic carbocycles. The number of anilines is 1. The van der Waals surface area contributed by atoms with Crippen molar-refractivity contribution in [2.45, 2.75) is 19.4 Å². The summed E-state index contributed by atoms with van der Waals surface area (Å²) in [5, 5.41) is 0.